The molecule has 0 atom stereocenters. The summed E-state index contributed by atoms with van der Waals surface area (Å²) in [6.45, 7) is 0.716. The molecule has 1 aliphatic rings. The van der Waals surface area contributed by atoms with Crippen LogP contribution >= 0.6 is 0 Å². The maximum atomic E-state index is 13.1. The maximum Gasteiger partial charge on any atom is 0.243 e. The molecule has 0 saturated carbocycles. The molecule has 174 valence electrons. The molecule has 1 N–H and O–H groups in total. The van der Waals surface area contributed by atoms with Gasteiger partial charge in [-0.1, -0.05) is 0 Å². The molecule has 0 radical (unpaired) electrons. The van der Waals surface area contributed by atoms with Crippen LogP contribution in [-0.2, 0) is 21.4 Å². The first-order valence-corrected chi connectivity index (χ1v) is 11.6. The summed E-state index contributed by atoms with van der Waals surface area (Å²) < 4.78 is 55.9. The third kappa shape index (κ3) is 5.13. The molecule has 1 saturated heterocycles. The van der Waals surface area contributed by atoms with E-state index < -0.39 is 15.8 Å². The number of sulfonamides is 1. The zero-order chi connectivity index (χ0) is 23.3. The third-order valence-corrected chi connectivity index (χ3v) is 7.38. The van der Waals surface area contributed by atoms with Gasteiger partial charge in [0, 0.05) is 25.6 Å². The summed E-state index contributed by atoms with van der Waals surface area (Å²) in [6.07, 6.45) is 0.809. The van der Waals surface area contributed by atoms with Gasteiger partial charge in [-0.05, 0) is 54.8 Å². The molecule has 1 amide bonds. The smallest absolute Gasteiger partial charge is 0.243 e. The first-order valence-electron chi connectivity index (χ1n) is 10.1. The summed E-state index contributed by atoms with van der Waals surface area (Å²) in [4.78, 5) is 12.7. The van der Waals surface area contributed by atoms with E-state index in [1.807, 2.05) is 0 Å². The number of hydrogen-bond donors (Lipinski definition) is 1. The van der Waals surface area contributed by atoms with Crippen molar-refractivity contribution in [3.05, 3.63) is 47.8 Å². The number of methoxy groups -OCH3 is 3. The van der Waals surface area contributed by atoms with Crippen LogP contribution in [0.4, 0.5) is 4.39 Å². The predicted molar refractivity (Wildman–Crippen MR) is 116 cm³/mol. The number of amides is 1. The zero-order valence-electron chi connectivity index (χ0n) is 18.3. The summed E-state index contributed by atoms with van der Waals surface area (Å²) in [5.74, 6) is 0.534. The normalized spacial score (nSPS) is 15.2. The summed E-state index contributed by atoms with van der Waals surface area (Å²) >= 11 is 0. The van der Waals surface area contributed by atoms with Crippen molar-refractivity contribution in [3.8, 4) is 17.2 Å². The number of hydrogen-bond acceptors (Lipinski definition) is 6. The standard InChI is InChI=1S/C22H27FN2O6S/c1-29-19-12-15(13-20(30-2)21(19)31-3)14-24-22(26)16-8-10-25(11-9-16)32(27,28)18-6-4-17(23)5-7-18/h4-7,12-13,16H,8-11,14H2,1-3H3,(H,24,26). The van der Waals surface area contributed by atoms with Gasteiger partial charge in [-0.2, -0.15) is 4.31 Å². The van der Waals surface area contributed by atoms with Gasteiger partial charge in [0.2, 0.25) is 21.7 Å². The Morgan fingerprint density at radius 1 is 1.03 bits per heavy atom. The third-order valence-electron chi connectivity index (χ3n) is 5.47. The molecule has 0 aliphatic carbocycles. The molecule has 0 bridgehead atoms. The lowest BCUT2D eigenvalue weighted by Gasteiger charge is -2.30. The molecule has 0 aromatic heterocycles. The molecule has 32 heavy (non-hydrogen) atoms. The molecule has 0 spiro atoms. The van der Waals surface area contributed by atoms with Crippen molar-refractivity contribution in [2.45, 2.75) is 24.3 Å². The Kier molecular flexibility index (Phi) is 7.57. The van der Waals surface area contributed by atoms with Crippen LogP contribution in [0.2, 0.25) is 0 Å². The van der Waals surface area contributed by atoms with E-state index in [4.69, 9.17) is 14.2 Å². The van der Waals surface area contributed by atoms with Gasteiger partial charge >= 0.3 is 0 Å². The fourth-order valence-electron chi connectivity index (χ4n) is 3.68. The highest BCUT2D eigenvalue weighted by Crippen LogP contribution is 2.38. The van der Waals surface area contributed by atoms with Gasteiger partial charge < -0.3 is 19.5 Å². The van der Waals surface area contributed by atoms with Crippen molar-refractivity contribution in [1.82, 2.24) is 9.62 Å². The quantitative estimate of drug-likeness (QED) is 0.643. The van der Waals surface area contributed by atoms with Crippen LogP contribution in [0.3, 0.4) is 0 Å². The number of nitrogens with zero attached hydrogens (tertiary/aromatic N) is 1. The van der Waals surface area contributed by atoms with Crippen LogP contribution < -0.4 is 19.5 Å². The van der Waals surface area contributed by atoms with Crippen LogP contribution in [0.25, 0.3) is 0 Å². The van der Waals surface area contributed by atoms with Gasteiger partial charge in [-0.15, -0.1) is 0 Å². The summed E-state index contributed by atoms with van der Waals surface area (Å²) in [7, 11) is 0.851. The average molecular weight is 467 g/mol. The molecule has 2 aromatic rings. The summed E-state index contributed by atoms with van der Waals surface area (Å²) in [6, 6.07) is 8.27. The molecule has 2 aromatic carbocycles. The van der Waals surface area contributed by atoms with Crippen molar-refractivity contribution < 1.29 is 31.8 Å². The first-order chi connectivity index (χ1) is 15.3. The Morgan fingerprint density at radius 2 is 1.59 bits per heavy atom. The minimum atomic E-state index is -3.71. The summed E-state index contributed by atoms with van der Waals surface area (Å²) in [5.41, 5.74) is 0.782. The van der Waals surface area contributed by atoms with E-state index in [0.717, 1.165) is 17.7 Å². The lowest BCUT2D eigenvalue weighted by Crippen LogP contribution is -2.42. The Hall–Kier alpha value is -2.85. The highest BCUT2D eigenvalue weighted by molar-refractivity contribution is 7.89. The maximum absolute atomic E-state index is 13.1. The molecule has 0 unspecified atom stereocenters. The number of halogens is 1. The minimum absolute atomic E-state index is 0.0456. The van der Waals surface area contributed by atoms with Gasteiger partial charge in [-0.25, -0.2) is 12.8 Å². The average Bonchev–Trinajstić information content (AvgIpc) is 2.82. The Bertz CT molecular complexity index is 1030. The molecule has 1 fully saturated rings. The summed E-state index contributed by atoms with van der Waals surface area (Å²) in [5, 5.41) is 2.90. The van der Waals surface area contributed by atoms with Crippen LogP contribution in [-0.4, -0.2) is 53.0 Å². The Morgan fingerprint density at radius 3 is 2.09 bits per heavy atom. The first kappa shape index (κ1) is 23.8. The predicted octanol–water partition coefficient (Wildman–Crippen LogP) is 2.57. The lowest BCUT2D eigenvalue weighted by atomic mass is 9.97. The molecule has 10 heteroatoms. The fourth-order valence-corrected chi connectivity index (χ4v) is 5.15. The largest absolute Gasteiger partial charge is 0.493 e. The number of ether oxygens (including phenoxy) is 3. The molecular weight excluding hydrogens is 439 g/mol. The van der Waals surface area contributed by atoms with Crippen LogP contribution in [0.1, 0.15) is 18.4 Å². The number of nitrogens with one attached hydrogen (secondary N) is 1. The number of carbonyl (C=O) groups is 1. The van der Waals surface area contributed by atoms with Gasteiger partial charge in [0.15, 0.2) is 11.5 Å². The second-order valence-electron chi connectivity index (χ2n) is 7.38. The van der Waals surface area contributed by atoms with E-state index in [2.05, 4.69) is 5.32 Å². The van der Waals surface area contributed by atoms with E-state index in [0.29, 0.717) is 30.1 Å². The number of carbonyl (C=O) groups excluding carboxylic acids is 1. The lowest BCUT2D eigenvalue weighted by molar-refractivity contribution is -0.126. The molecule has 1 heterocycles. The molecule has 8 nitrogen and oxygen atoms in total. The second kappa shape index (κ2) is 10.2. The minimum Gasteiger partial charge on any atom is -0.493 e. The van der Waals surface area contributed by atoms with Gasteiger partial charge in [0.25, 0.3) is 0 Å². The highest BCUT2D eigenvalue weighted by Gasteiger charge is 2.32. The van der Waals surface area contributed by atoms with E-state index in [-0.39, 0.29) is 36.4 Å². The number of rotatable bonds is 8. The van der Waals surface area contributed by atoms with Crippen molar-refractivity contribution in [2.75, 3.05) is 34.4 Å². The second-order valence-corrected chi connectivity index (χ2v) is 9.32. The van der Waals surface area contributed by atoms with Crippen molar-refractivity contribution in [1.29, 1.82) is 0 Å². The van der Waals surface area contributed by atoms with Crippen LogP contribution in [0, 0.1) is 11.7 Å². The zero-order valence-corrected chi connectivity index (χ0v) is 19.1. The Labute approximate surface area is 187 Å². The SMILES string of the molecule is COc1cc(CNC(=O)C2CCN(S(=O)(=O)c3ccc(F)cc3)CC2)cc(OC)c1OC. The fraction of sp³-hybridized carbons (Fsp3) is 0.409. The van der Waals surface area contributed by atoms with E-state index in [9.17, 15) is 17.6 Å². The van der Waals surface area contributed by atoms with Gasteiger partial charge in [0.1, 0.15) is 5.82 Å². The molecule has 1 aliphatic heterocycles. The Balaban J connectivity index is 1.59. The van der Waals surface area contributed by atoms with Crippen molar-refractivity contribution in [3.63, 3.8) is 0 Å². The van der Waals surface area contributed by atoms with Crippen LogP contribution in [0.5, 0.6) is 17.2 Å². The van der Waals surface area contributed by atoms with Gasteiger partial charge in [-0.3, -0.25) is 4.79 Å². The monoisotopic (exact) mass is 466 g/mol. The molecular formula is C22H27FN2O6S. The van der Waals surface area contributed by atoms with Crippen molar-refractivity contribution in [2.24, 2.45) is 5.92 Å². The highest BCUT2D eigenvalue weighted by atomic mass is 32.2. The van der Waals surface area contributed by atoms with E-state index in [1.165, 1.54) is 37.8 Å². The number of benzene rings is 2. The topological polar surface area (TPSA) is 94.2 Å². The van der Waals surface area contributed by atoms with E-state index in [1.54, 1.807) is 12.1 Å². The molecule has 3 rings (SSSR count). The van der Waals surface area contributed by atoms with Gasteiger partial charge in [0.05, 0.1) is 26.2 Å². The number of piperidine rings is 1. The van der Waals surface area contributed by atoms with E-state index >= 15 is 0 Å². The van der Waals surface area contributed by atoms with Crippen molar-refractivity contribution >= 4 is 15.9 Å². The van der Waals surface area contributed by atoms with Crippen LogP contribution in [0.15, 0.2) is 41.3 Å².